The normalized spacial score (nSPS) is 17.8. The lowest BCUT2D eigenvalue weighted by Crippen LogP contribution is -2.22. The van der Waals surface area contributed by atoms with E-state index >= 15 is 0 Å². The number of carbonyl (C=O) groups is 2. The van der Waals surface area contributed by atoms with Gasteiger partial charge in [-0.1, -0.05) is 12.2 Å². The molecule has 0 radical (unpaired) electrons. The highest BCUT2D eigenvalue weighted by molar-refractivity contribution is 7.18. The van der Waals surface area contributed by atoms with Crippen molar-refractivity contribution >= 4 is 28.2 Å². The first kappa shape index (κ1) is 14.8. The summed E-state index contributed by atoms with van der Waals surface area (Å²) in [4.78, 5) is 24.4. The first-order chi connectivity index (χ1) is 9.61. The Morgan fingerprint density at radius 2 is 2.25 bits per heavy atom. The van der Waals surface area contributed by atoms with Crippen molar-refractivity contribution < 1.29 is 14.3 Å². The van der Waals surface area contributed by atoms with Gasteiger partial charge >= 0.3 is 5.97 Å². The number of hydrogen-bond donors (Lipinski definition) is 1. The SMILES string of the molecule is CCOC(=O)c1sc(NC(=O)[C@@H]2CC=CCC2)cc1C. The molecule has 1 atom stereocenters. The monoisotopic (exact) mass is 293 g/mol. The van der Waals surface area contributed by atoms with Crippen molar-refractivity contribution in [1.29, 1.82) is 0 Å². The van der Waals surface area contributed by atoms with Crippen molar-refractivity contribution in [2.24, 2.45) is 5.92 Å². The van der Waals surface area contributed by atoms with Crippen molar-refractivity contribution in [1.82, 2.24) is 0 Å². The van der Waals surface area contributed by atoms with Gasteiger partial charge in [-0.05, 0) is 44.7 Å². The average Bonchev–Trinajstić information content (AvgIpc) is 2.81. The quantitative estimate of drug-likeness (QED) is 0.682. The molecule has 1 amide bonds. The van der Waals surface area contributed by atoms with Gasteiger partial charge < -0.3 is 10.1 Å². The van der Waals surface area contributed by atoms with Gasteiger partial charge in [-0.25, -0.2) is 4.79 Å². The number of rotatable bonds is 4. The maximum Gasteiger partial charge on any atom is 0.348 e. The van der Waals surface area contributed by atoms with E-state index < -0.39 is 0 Å². The third-order valence-electron chi connectivity index (χ3n) is 3.26. The van der Waals surface area contributed by atoms with Gasteiger partial charge in [0.15, 0.2) is 0 Å². The average molecular weight is 293 g/mol. The number of allylic oxidation sites excluding steroid dienone is 2. The maximum atomic E-state index is 12.1. The minimum absolute atomic E-state index is 0.0333. The molecule has 0 aromatic carbocycles. The van der Waals surface area contributed by atoms with Gasteiger partial charge in [-0.3, -0.25) is 4.79 Å². The molecule has 0 fully saturated rings. The van der Waals surface area contributed by atoms with Gasteiger partial charge in [-0.2, -0.15) is 0 Å². The van der Waals surface area contributed by atoms with E-state index in [1.54, 1.807) is 6.92 Å². The molecule has 0 spiro atoms. The lowest BCUT2D eigenvalue weighted by Gasteiger charge is -2.16. The van der Waals surface area contributed by atoms with E-state index in [1.807, 2.05) is 13.0 Å². The molecular weight excluding hydrogens is 274 g/mol. The Morgan fingerprint density at radius 3 is 2.90 bits per heavy atom. The predicted octanol–water partition coefficient (Wildman–Crippen LogP) is 3.53. The van der Waals surface area contributed by atoms with Crippen molar-refractivity contribution in [2.45, 2.75) is 33.1 Å². The zero-order valence-electron chi connectivity index (χ0n) is 11.8. The standard InChI is InChI=1S/C15H19NO3S/c1-3-19-15(18)13-10(2)9-12(20-13)16-14(17)11-7-5-4-6-8-11/h4-5,9,11H,3,6-8H2,1-2H3,(H,16,17)/t11-/m1/s1. The number of amides is 1. The molecule has 20 heavy (non-hydrogen) atoms. The van der Waals surface area contributed by atoms with Crippen molar-refractivity contribution in [2.75, 3.05) is 11.9 Å². The van der Waals surface area contributed by atoms with Crippen molar-refractivity contribution in [3.63, 3.8) is 0 Å². The maximum absolute atomic E-state index is 12.1. The summed E-state index contributed by atoms with van der Waals surface area (Å²) in [5.74, 6) is -0.254. The molecule has 0 bridgehead atoms. The Labute approximate surface area is 122 Å². The number of carbonyl (C=O) groups excluding carboxylic acids is 2. The summed E-state index contributed by atoms with van der Waals surface area (Å²) in [5, 5.41) is 3.62. The number of hydrogen-bond acceptors (Lipinski definition) is 4. The lowest BCUT2D eigenvalue weighted by molar-refractivity contribution is -0.120. The van der Waals surface area contributed by atoms with Crippen LogP contribution < -0.4 is 5.32 Å². The fraction of sp³-hybridized carbons (Fsp3) is 0.467. The van der Waals surface area contributed by atoms with Crippen LogP contribution in [0.1, 0.15) is 41.4 Å². The number of esters is 1. The van der Waals surface area contributed by atoms with Crippen LogP contribution in [-0.4, -0.2) is 18.5 Å². The van der Waals surface area contributed by atoms with Crippen LogP contribution in [0, 0.1) is 12.8 Å². The van der Waals surface area contributed by atoms with E-state index in [4.69, 9.17) is 4.74 Å². The van der Waals surface area contributed by atoms with Crippen LogP contribution in [0.4, 0.5) is 5.00 Å². The Balaban J connectivity index is 2.03. The molecule has 0 aliphatic heterocycles. The van der Waals surface area contributed by atoms with Crippen LogP contribution >= 0.6 is 11.3 Å². The van der Waals surface area contributed by atoms with E-state index in [0.717, 1.165) is 24.8 Å². The molecule has 1 N–H and O–H groups in total. The first-order valence-corrected chi connectivity index (χ1v) is 7.67. The number of thiophene rings is 1. The minimum Gasteiger partial charge on any atom is -0.462 e. The zero-order chi connectivity index (χ0) is 14.5. The van der Waals surface area contributed by atoms with E-state index in [-0.39, 0.29) is 17.8 Å². The van der Waals surface area contributed by atoms with Gasteiger partial charge in [0, 0.05) is 5.92 Å². The fourth-order valence-corrected chi connectivity index (χ4v) is 3.17. The Morgan fingerprint density at radius 1 is 1.45 bits per heavy atom. The molecule has 4 nitrogen and oxygen atoms in total. The number of ether oxygens (including phenoxy) is 1. The highest BCUT2D eigenvalue weighted by Gasteiger charge is 2.21. The second-order valence-corrected chi connectivity index (χ2v) is 5.87. The van der Waals surface area contributed by atoms with Crippen molar-refractivity contribution in [3.05, 3.63) is 28.7 Å². The Hall–Kier alpha value is -1.62. The molecule has 0 saturated heterocycles. The van der Waals surface area contributed by atoms with Crippen LogP contribution in [-0.2, 0) is 9.53 Å². The summed E-state index contributed by atoms with van der Waals surface area (Å²) in [6.07, 6.45) is 6.80. The summed E-state index contributed by atoms with van der Waals surface area (Å²) in [5.41, 5.74) is 0.840. The summed E-state index contributed by atoms with van der Waals surface area (Å²) in [6, 6.07) is 1.83. The third kappa shape index (κ3) is 3.48. The first-order valence-electron chi connectivity index (χ1n) is 6.85. The molecule has 0 unspecified atom stereocenters. The van der Waals surface area contributed by atoms with Crippen LogP contribution in [0.3, 0.4) is 0 Å². The third-order valence-corrected chi connectivity index (χ3v) is 4.40. The van der Waals surface area contributed by atoms with E-state index in [1.165, 1.54) is 11.3 Å². The minimum atomic E-state index is -0.323. The van der Waals surface area contributed by atoms with Crippen LogP contribution in [0.2, 0.25) is 0 Å². The van der Waals surface area contributed by atoms with Gasteiger partial charge in [0.2, 0.25) is 5.91 Å². The van der Waals surface area contributed by atoms with E-state index in [0.29, 0.717) is 16.5 Å². The molecule has 5 heteroatoms. The fourth-order valence-electron chi connectivity index (χ4n) is 2.20. The molecular formula is C15H19NO3S. The summed E-state index contributed by atoms with van der Waals surface area (Å²) in [7, 11) is 0. The Bertz CT molecular complexity index is 533. The largest absolute Gasteiger partial charge is 0.462 e. The molecule has 1 aliphatic rings. The van der Waals surface area contributed by atoms with Crippen LogP contribution in [0.15, 0.2) is 18.2 Å². The molecule has 1 aromatic rings. The molecule has 1 heterocycles. The van der Waals surface area contributed by atoms with E-state index in [2.05, 4.69) is 17.5 Å². The van der Waals surface area contributed by atoms with Gasteiger partial charge in [0.25, 0.3) is 0 Å². The molecule has 1 aliphatic carbocycles. The van der Waals surface area contributed by atoms with Gasteiger partial charge in [-0.15, -0.1) is 11.3 Å². The smallest absolute Gasteiger partial charge is 0.348 e. The topological polar surface area (TPSA) is 55.4 Å². The highest BCUT2D eigenvalue weighted by Crippen LogP contribution is 2.29. The summed E-state index contributed by atoms with van der Waals surface area (Å²) < 4.78 is 4.99. The molecule has 108 valence electrons. The van der Waals surface area contributed by atoms with Gasteiger partial charge in [0.05, 0.1) is 11.6 Å². The zero-order valence-corrected chi connectivity index (χ0v) is 12.6. The van der Waals surface area contributed by atoms with E-state index in [9.17, 15) is 9.59 Å². The van der Waals surface area contributed by atoms with Crippen molar-refractivity contribution in [3.8, 4) is 0 Å². The number of aryl methyl sites for hydroxylation is 1. The molecule has 0 saturated carbocycles. The molecule has 2 rings (SSSR count). The Kier molecular flexibility index (Phi) is 4.95. The predicted molar refractivity (Wildman–Crippen MR) is 80.1 cm³/mol. The lowest BCUT2D eigenvalue weighted by atomic mass is 9.94. The van der Waals surface area contributed by atoms with Gasteiger partial charge in [0.1, 0.15) is 4.88 Å². The summed E-state index contributed by atoms with van der Waals surface area (Å²) >= 11 is 1.28. The number of anilines is 1. The second kappa shape index (κ2) is 6.70. The van der Waals surface area contributed by atoms with Crippen LogP contribution in [0.25, 0.3) is 0 Å². The molecule has 1 aromatic heterocycles. The van der Waals surface area contributed by atoms with Crippen LogP contribution in [0.5, 0.6) is 0 Å². The highest BCUT2D eigenvalue weighted by atomic mass is 32.1. The number of nitrogens with one attached hydrogen (secondary N) is 1. The second-order valence-electron chi connectivity index (χ2n) is 4.81. The summed E-state index contributed by atoms with van der Waals surface area (Å²) in [6.45, 7) is 3.98.